The van der Waals surface area contributed by atoms with Crippen LogP contribution in [0.2, 0.25) is 0 Å². The van der Waals surface area contributed by atoms with Gasteiger partial charge in [-0.25, -0.2) is 4.98 Å². The first-order valence-corrected chi connectivity index (χ1v) is 7.42. The summed E-state index contributed by atoms with van der Waals surface area (Å²) in [6.07, 6.45) is 0.210. The van der Waals surface area contributed by atoms with Gasteiger partial charge in [-0.15, -0.1) is 0 Å². The molecule has 1 amide bonds. The smallest absolute Gasteiger partial charge is 0.341 e. The Bertz CT molecular complexity index is 927. The van der Waals surface area contributed by atoms with Crippen LogP contribution in [0.3, 0.4) is 0 Å². The number of fused-ring (bicyclic) bond motifs is 1. The van der Waals surface area contributed by atoms with Gasteiger partial charge in [-0.1, -0.05) is 18.7 Å². The normalized spacial score (nSPS) is 11.5. The van der Waals surface area contributed by atoms with E-state index in [-0.39, 0.29) is 5.69 Å². The molecule has 0 spiro atoms. The Hall–Kier alpha value is -3.09. The van der Waals surface area contributed by atoms with Gasteiger partial charge < -0.3 is 9.88 Å². The third-order valence-corrected chi connectivity index (χ3v) is 3.76. The Balaban J connectivity index is 1.97. The highest BCUT2D eigenvalue weighted by molar-refractivity contribution is 6.04. The molecule has 1 N–H and O–H groups in total. The first-order chi connectivity index (χ1) is 11.9. The maximum absolute atomic E-state index is 12.7. The Kier molecular flexibility index (Phi) is 4.31. The third-order valence-electron chi connectivity index (χ3n) is 3.76. The van der Waals surface area contributed by atoms with E-state index in [1.165, 1.54) is 24.5 Å². The van der Waals surface area contributed by atoms with E-state index in [9.17, 15) is 18.0 Å². The topological polar surface area (TPSA) is 46.9 Å². The van der Waals surface area contributed by atoms with Gasteiger partial charge in [0.25, 0.3) is 5.91 Å². The summed E-state index contributed by atoms with van der Waals surface area (Å²) in [5.41, 5.74) is 0.835. The van der Waals surface area contributed by atoms with Gasteiger partial charge in [-0.05, 0) is 36.0 Å². The molecule has 2 heterocycles. The van der Waals surface area contributed by atoms with Crippen molar-refractivity contribution < 1.29 is 18.0 Å². The molecular formula is C18H14F3N3O. The van der Waals surface area contributed by atoms with Crippen LogP contribution in [-0.2, 0) is 12.7 Å². The molecule has 0 saturated carbocycles. The molecule has 0 atom stereocenters. The van der Waals surface area contributed by atoms with E-state index in [1.54, 1.807) is 16.8 Å². The molecule has 0 aliphatic heterocycles. The van der Waals surface area contributed by atoms with E-state index < -0.39 is 17.6 Å². The monoisotopic (exact) mass is 345 g/mol. The third kappa shape index (κ3) is 3.40. The number of aromatic nitrogens is 2. The average molecular weight is 345 g/mol. The lowest BCUT2D eigenvalue weighted by Crippen LogP contribution is -2.19. The first-order valence-electron chi connectivity index (χ1n) is 7.42. The molecule has 4 nitrogen and oxygen atoms in total. The van der Waals surface area contributed by atoms with Crippen molar-refractivity contribution in [3.05, 3.63) is 78.4 Å². The summed E-state index contributed by atoms with van der Waals surface area (Å²) in [4.78, 5) is 16.3. The van der Waals surface area contributed by atoms with Gasteiger partial charge in [0.2, 0.25) is 0 Å². The van der Waals surface area contributed by atoms with Gasteiger partial charge in [0.1, 0.15) is 0 Å². The zero-order chi connectivity index (χ0) is 18.0. The fraction of sp³-hybridized carbons (Fsp3) is 0.111. The summed E-state index contributed by atoms with van der Waals surface area (Å²) in [5, 5.41) is 3.30. The number of pyridine rings is 1. The minimum absolute atomic E-state index is 0.231. The van der Waals surface area contributed by atoms with Crippen LogP contribution < -0.4 is 5.32 Å². The van der Waals surface area contributed by atoms with E-state index >= 15 is 0 Å². The minimum atomic E-state index is -4.36. The number of carbonyl (C=O) groups excluding carboxylic acids is 1. The van der Waals surface area contributed by atoms with Crippen LogP contribution in [0.5, 0.6) is 0 Å². The van der Waals surface area contributed by atoms with Crippen LogP contribution >= 0.6 is 0 Å². The number of hydrogen-bond acceptors (Lipinski definition) is 2. The van der Waals surface area contributed by atoms with Crippen LogP contribution in [0.4, 0.5) is 13.2 Å². The van der Waals surface area contributed by atoms with Gasteiger partial charge in [0.15, 0.2) is 5.69 Å². The van der Waals surface area contributed by atoms with Crippen molar-refractivity contribution in [2.24, 2.45) is 0 Å². The maximum atomic E-state index is 12.7. The van der Waals surface area contributed by atoms with E-state index in [0.29, 0.717) is 17.6 Å². The van der Waals surface area contributed by atoms with Gasteiger partial charge in [-0.2, -0.15) is 13.2 Å². The van der Waals surface area contributed by atoms with E-state index in [2.05, 4.69) is 16.9 Å². The molecule has 0 aliphatic carbocycles. The SMILES string of the molecule is C=CNC(=O)c1nccc2ccn(Cc3ccc(C(F)(F)F)cc3)c12. The number of rotatable bonds is 4. The highest BCUT2D eigenvalue weighted by Crippen LogP contribution is 2.29. The van der Waals surface area contributed by atoms with Crippen LogP contribution in [-0.4, -0.2) is 15.5 Å². The van der Waals surface area contributed by atoms with Crippen molar-refractivity contribution in [1.29, 1.82) is 0 Å². The lowest BCUT2D eigenvalue weighted by molar-refractivity contribution is -0.137. The number of halogens is 3. The van der Waals surface area contributed by atoms with Crippen LogP contribution in [0.25, 0.3) is 10.9 Å². The van der Waals surface area contributed by atoms with Crippen molar-refractivity contribution in [3.8, 4) is 0 Å². The van der Waals surface area contributed by atoms with Crippen molar-refractivity contribution in [2.75, 3.05) is 0 Å². The summed E-state index contributed by atoms with van der Waals surface area (Å²) >= 11 is 0. The molecule has 0 radical (unpaired) electrons. The van der Waals surface area contributed by atoms with Gasteiger partial charge in [-0.3, -0.25) is 4.79 Å². The molecule has 1 aromatic carbocycles. The van der Waals surface area contributed by atoms with Crippen molar-refractivity contribution in [3.63, 3.8) is 0 Å². The zero-order valence-corrected chi connectivity index (χ0v) is 13.0. The first kappa shape index (κ1) is 16.8. The molecule has 7 heteroatoms. The quantitative estimate of drug-likeness (QED) is 0.778. The molecular weight excluding hydrogens is 331 g/mol. The number of nitrogens with one attached hydrogen (secondary N) is 1. The van der Waals surface area contributed by atoms with E-state index in [1.807, 2.05) is 6.07 Å². The summed E-state index contributed by atoms with van der Waals surface area (Å²) in [6.45, 7) is 3.77. The standard InChI is InChI=1S/C18H14F3N3O/c1-2-22-17(25)15-16-13(7-9-23-15)8-10-24(16)11-12-3-5-14(6-4-12)18(19,20)21/h2-10H,1,11H2,(H,22,25). The number of benzene rings is 1. The molecule has 0 unspecified atom stereocenters. The largest absolute Gasteiger partial charge is 0.416 e. The zero-order valence-electron chi connectivity index (χ0n) is 13.0. The highest BCUT2D eigenvalue weighted by atomic mass is 19.4. The number of carbonyl (C=O) groups is 1. The predicted octanol–water partition coefficient (Wildman–Crippen LogP) is 3.98. The van der Waals surface area contributed by atoms with E-state index in [4.69, 9.17) is 0 Å². The fourth-order valence-electron chi connectivity index (χ4n) is 2.60. The van der Waals surface area contributed by atoms with Crippen molar-refractivity contribution in [2.45, 2.75) is 12.7 Å². The number of amides is 1. The number of nitrogens with zero attached hydrogens (tertiary/aromatic N) is 2. The van der Waals surface area contributed by atoms with Gasteiger partial charge in [0.05, 0.1) is 11.1 Å². The number of hydrogen-bond donors (Lipinski definition) is 1. The maximum Gasteiger partial charge on any atom is 0.416 e. The minimum Gasteiger partial charge on any atom is -0.341 e. The molecule has 128 valence electrons. The van der Waals surface area contributed by atoms with Crippen LogP contribution in [0.1, 0.15) is 21.6 Å². The molecule has 3 aromatic rings. The Morgan fingerprint density at radius 1 is 1.20 bits per heavy atom. The van der Waals surface area contributed by atoms with Gasteiger partial charge >= 0.3 is 6.18 Å². The summed E-state index contributed by atoms with van der Waals surface area (Å²) in [5.74, 6) is -0.395. The molecule has 0 saturated heterocycles. The van der Waals surface area contributed by atoms with Crippen LogP contribution in [0, 0.1) is 0 Å². The Labute approximate surface area is 141 Å². The fourth-order valence-corrected chi connectivity index (χ4v) is 2.60. The molecule has 0 bridgehead atoms. The Morgan fingerprint density at radius 3 is 2.56 bits per heavy atom. The summed E-state index contributed by atoms with van der Waals surface area (Å²) in [6, 6.07) is 8.54. The highest BCUT2D eigenvalue weighted by Gasteiger charge is 2.29. The van der Waals surface area contributed by atoms with Crippen molar-refractivity contribution in [1.82, 2.24) is 14.9 Å². The lowest BCUT2D eigenvalue weighted by Gasteiger charge is -2.10. The number of alkyl halides is 3. The average Bonchev–Trinajstić information content (AvgIpc) is 2.98. The second kappa shape index (κ2) is 6.43. The molecule has 0 fully saturated rings. The molecule has 3 rings (SSSR count). The Morgan fingerprint density at radius 2 is 1.92 bits per heavy atom. The molecule has 25 heavy (non-hydrogen) atoms. The predicted molar refractivity (Wildman–Crippen MR) is 87.9 cm³/mol. The second-order valence-electron chi connectivity index (χ2n) is 5.41. The van der Waals surface area contributed by atoms with Gasteiger partial charge in [0, 0.05) is 24.3 Å². The second-order valence-corrected chi connectivity index (χ2v) is 5.41. The van der Waals surface area contributed by atoms with Crippen LogP contribution in [0.15, 0.2) is 61.6 Å². The molecule has 0 aliphatic rings. The summed E-state index contributed by atoms with van der Waals surface area (Å²) in [7, 11) is 0. The lowest BCUT2D eigenvalue weighted by atomic mass is 10.1. The van der Waals surface area contributed by atoms with Crippen molar-refractivity contribution >= 4 is 16.8 Å². The van der Waals surface area contributed by atoms with E-state index in [0.717, 1.165) is 17.5 Å². The summed E-state index contributed by atoms with van der Waals surface area (Å²) < 4.78 is 39.7. The molecule has 2 aromatic heterocycles.